The summed E-state index contributed by atoms with van der Waals surface area (Å²) in [6.07, 6.45) is 1.25. The highest BCUT2D eigenvalue weighted by atomic mass is 32.1. The predicted octanol–water partition coefficient (Wildman–Crippen LogP) is 2.88. The molecule has 0 saturated carbocycles. The summed E-state index contributed by atoms with van der Waals surface area (Å²) in [7, 11) is 0. The third-order valence-electron chi connectivity index (χ3n) is 4.97. The molecule has 0 saturated heterocycles. The minimum Gasteiger partial charge on any atom is -0.507 e. The Hall–Kier alpha value is -2.15. The van der Waals surface area contributed by atoms with E-state index in [0.717, 1.165) is 38.0 Å². The number of benzene rings is 1. The second kappa shape index (κ2) is 6.29. The van der Waals surface area contributed by atoms with Crippen LogP contribution in [0.2, 0.25) is 0 Å². The van der Waals surface area contributed by atoms with E-state index in [2.05, 4.69) is 15.5 Å². The van der Waals surface area contributed by atoms with E-state index in [4.69, 9.17) is 4.74 Å². The Morgan fingerprint density at radius 1 is 1.24 bits per heavy atom. The van der Waals surface area contributed by atoms with E-state index >= 15 is 0 Å². The van der Waals surface area contributed by atoms with Crippen molar-refractivity contribution in [2.45, 2.75) is 59.6 Å². The van der Waals surface area contributed by atoms with Gasteiger partial charge < -0.3 is 15.2 Å². The molecule has 1 aromatic carbocycles. The van der Waals surface area contributed by atoms with Crippen LogP contribution in [0.25, 0.3) is 0 Å². The number of aryl methyl sites for hydroxylation is 1. The van der Waals surface area contributed by atoms with E-state index in [0.29, 0.717) is 25.1 Å². The van der Waals surface area contributed by atoms with Gasteiger partial charge in [-0.05, 0) is 57.7 Å². The minimum absolute atomic E-state index is 0.159. The Morgan fingerprint density at radius 3 is 2.60 bits per heavy atom. The van der Waals surface area contributed by atoms with Crippen LogP contribution in [-0.2, 0) is 17.8 Å². The number of carbonyl (C=O) groups excluding carboxylic acids is 1. The highest BCUT2D eigenvalue weighted by Gasteiger charge is 2.40. The summed E-state index contributed by atoms with van der Waals surface area (Å²) < 4.78 is 6.17. The Kier molecular flexibility index (Phi) is 4.45. The molecule has 0 fully saturated rings. The van der Waals surface area contributed by atoms with Gasteiger partial charge in [-0.1, -0.05) is 11.3 Å². The molecular weight excluding hydrogens is 338 g/mol. The highest BCUT2D eigenvalue weighted by Crippen LogP contribution is 2.43. The molecule has 0 unspecified atom stereocenters. The van der Waals surface area contributed by atoms with E-state index in [1.807, 2.05) is 34.6 Å². The number of phenols is 1. The van der Waals surface area contributed by atoms with Crippen LogP contribution in [0.1, 0.15) is 45.6 Å². The lowest BCUT2D eigenvalue weighted by Gasteiger charge is -2.36. The maximum Gasteiger partial charge on any atom is 0.264 e. The Morgan fingerprint density at radius 2 is 1.96 bits per heavy atom. The smallest absolute Gasteiger partial charge is 0.264 e. The van der Waals surface area contributed by atoms with Gasteiger partial charge in [-0.15, -0.1) is 10.2 Å². The first-order valence-electron chi connectivity index (χ1n) is 8.31. The Bertz CT molecular complexity index is 847. The van der Waals surface area contributed by atoms with Crippen molar-refractivity contribution in [2.24, 2.45) is 0 Å². The summed E-state index contributed by atoms with van der Waals surface area (Å²) >= 11 is 1.47. The molecule has 7 heteroatoms. The Labute approximate surface area is 151 Å². The van der Waals surface area contributed by atoms with Crippen molar-refractivity contribution in [2.75, 3.05) is 0 Å². The molecule has 134 valence electrons. The minimum atomic E-state index is -0.937. The lowest BCUT2D eigenvalue weighted by Crippen LogP contribution is -2.50. The van der Waals surface area contributed by atoms with Gasteiger partial charge in [-0.2, -0.15) is 0 Å². The zero-order chi connectivity index (χ0) is 18.4. The van der Waals surface area contributed by atoms with E-state index in [1.54, 1.807) is 0 Å². The summed E-state index contributed by atoms with van der Waals surface area (Å²) in [5, 5.41) is 22.8. The van der Waals surface area contributed by atoms with Crippen LogP contribution in [0.5, 0.6) is 11.5 Å². The van der Waals surface area contributed by atoms with Crippen molar-refractivity contribution >= 4 is 17.2 Å². The van der Waals surface area contributed by atoms with Crippen LogP contribution in [0.3, 0.4) is 0 Å². The monoisotopic (exact) mass is 361 g/mol. The van der Waals surface area contributed by atoms with Crippen molar-refractivity contribution in [1.82, 2.24) is 15.5 Å². The molecule has 2 aromatic rings. The van der Waals surface area contributed by atoms with E-state index < -0.39 is 5.60 Å². The van der Waals surface area contributed by atoms with Crippen molar-refractivity contribution in [3.05, 3.63) is 32.3 Å². The number of nitrogens with one attached hydrogen (secondary N) is 1. The van der Waals surface area contributed by atoms with Gasteiger partial charge in [-0.3, -0.25) is 4.79 Å². The summed E-state index contributed by atoms with van der Waals surface area (Å²) in [6, 6.07) is 0. The Balaban J connectivity index is 1.81. The van der Waals surface area contributed by atoms with Crippen LogP contribution in [0.4, 0.5) is 0 Å². The van der Waals surface area contributed by atoms with Crippen LogP contribution >= 0.6 is 11.3 Å². The number of aromatic hydroxyl groups is 1. The number of hydrogen-bond acceptors (Lipinski definition) is 6. The van der Waals surface area contributed by atoms with Crippen LogP contribution in [0, 0.1) is 27.7 Å². The number of phenolic OH excluding ortho intramolecular Hbond substituents is 1. The van der Waals surface area contributed by atoms with Gasteiger partial charge in [0, 0.05) is 12.0 Å². The molecule has 0 radical (unpaired) electrons. The molecule has 1 atom stereocenters. The predicted molar refractivity (Wildman–Crippen MR) is 96.2 cm³/mol. The standard InChI is InChI=1S/C18H23N3O3S/c1-9-10(2)16-13(11(3)15(9)22)6-7-18(5,24-16)17(23)19-8-14-21-20-12(4)25-14/h22H,6-8H2,1-5H3,(H,19,23)/t18-/m1/s1. The third-order valence-corrected chi connectivity index (χ3v) is 5.81. The fourth-order valence-corrected chi connectivity index (χ4v) is 3.81. The summed E-state index contributed by atoms with van der Waals surface area (Å²) in [6.45, 7) is 9.72. The van der Waals surface area contributed by atoms with E-state index in [1.165, 1.54) is 11.3 Å². The van der Waals surface area contributed by atoms with Gasteiger partial charge in [0.2, 0.25) is 0 Å². The maximum absolute atomic E-state index is 12.7. The normalized spacial score (nSPS) is 19.2. The molecule has 3 rings (SSSR count). The molecule has 1 aliphatic rings. The van der Waals surface area contributed by atoms with Crippen molar-refractivity contribution in [1.29, 1.82) is 0 Å². The largest absolute Gasteiger partial charge is 0.507 e. The van der Waals surface area contributed by atoms with Crippen molar-refractivity contribution in [3.8, 4) is 11.5 Å². The lowest BCUT2D eigenvalue weighted by molar-refractivity contribution is -0.137. The molecule has 0 aliphatic carbocycles. The first kappa shape index (κ1) is 17.7. The van der Waals surface area contributed by atoms with Crippen LogP contribution in [-0.4, -0.2) is 26.8 Å². The van der Waals surface area contributed by atoms with Crippen molar-refractivity contribution in [3.63, 3.8) is 0 Å². The number of carbonyl (C=O) groups is 1. The number of rotatable bonds is 3. The average molecular weight is 361 g/mol. The van der Waals surface area contributed by atoms with Gasteiger partial charge >= 0.3 is 0 Å². The number of ether oxygens (including phenoxy) is 1. The first-order valence-corrected chi connectivity index (χ1v) is 9.12. The summed E-state index contributed by atoms with van der Waals surface area (Å²) in [5.74, 6) is 0.886. The molecule has 6 nitrogen and oxygen atoms in total. The number of nitrogens with zero attached hydrogens (tertiary/aromatic N) is 2. The first-order chi connectivity index (χ1) is 11.7. The second-order valence-electron chi connectivity index (χ2n) is 6.76. The zero-order valence-corrected chi connectivity index (χ0v) is 16.0. The molecule has 2 heterocycles. The molecule has 1 amide bonds. The molecule has 25 heavy (non-hydrogen) atoms. The average Bonchev–Trinajstić information content (AvgIpc) is 3.01. The quantitative estimate of drug-likeness (QED) is 0.878. The van der Waals surface area contributed by atoms with Gasteiger partial charge in [0.15, 0.2) is 5.60 Å². The lowest BCUT2D eigenvalue weighted by atomic mass is 9.86. The molecular formula is C18H23N3O3S. The maximum atomic E-state index is 12.7. The van der Waals surface area contributed by atoms with E-state index in [9.17, 15) is 9.90 Å². The van der Waals surface area contributed by atoms with Gasteiger partial charge in [0.1, 0.15) is 21.5 Å². The number of fused-ring (bicyclic) bond motifs is 1. The third kappa shape index (κ3) is 3.08. The van der Waals surface area contributed by atoms with Crippen LogP contribution < -0.4 is 10.1 Å². The van der Waals surface area contributed by atoms with Gasteiger partial charge in [0.05, 0.1) is 6.54 Å². The van der Waals surface area contributed by atoms with E-state index in [-0.39, 0.29) is 5.91 Å². The zero-order valence-electron chi connectivity index (χ0n) is 15.2. The van der Waals surface area contributed by atoms with Gasteiger partial charge in [-0.25, -0.2) is 0 Å². The topological polar surface area (TPSA) is 84.3 Å². The fraction of sp³-hybridized carbons (Fsp3) is 0.500. The highest BCUT2D eigenvalue weighted by molar-refractivity contribution is 7.11. The number of hydrogen-bond donors (Lipinski definition) is 2. The molecule has 0 spiro atoms. The molecule has 1 aliphatic heterocycles. The molecule has 2 N–H and O–H groups in total. The van der Waals surface area contributed by atoms with Gasteiger partial charge in [0.25, 0.3) is 5.91 Å². The van der Waals surface area contributed by atoms with Crippen LogP contribution in [0.15, 0.2) is 0 Å². The summed E-state index contributed by atoms with van der Waals surface area (Å²) in [4.78, 5) is 12.7. The number of amides is 1. The fourth-order valence-electron chi connectivity index (χ4n) is 3.16. The second-order valence-corrected chi connectivity index (χ2v) is 8.03. The molecule has 0 bridgehead atoms. The summed E-state index contributed by atoms with van der Waals surface area (Å²) in [5.41, 5.74) is 2.57. The van der Waals surface area contributed by atoms with Crippen molar-refractivity contribution < 1.29 is 14.6 Å². The molecule has 1 aromatic heterocycles. The number of aromatic nitrogens is 2. The SMILES string of the molecule is Cc1nnc(CNC(=O)[C@@]2(C)CCc3c(C)c(O)c(C)c(C)c3O2)s1.